The molecule has 0 fully saturated rings. The zero-order chi connectivity index (χ0) is 17.6. The van der Waals surface area contributed by atoms with Gasteiger partial charge >= 0.3 is 0 Å². The van der Waals surface area contributed by atoms with Crippen LogP contribution in [0.4, 0.5) is 0 Å². The van der Waals surface area contributed by atoms with Crippen LogP contribution in [0, 0.1) is 0 Å². The van der Waals surface area contributed by atoms with Gasteiger partial charge in [0.15, 0.2) is 0 Å². The summed E-state index contributed by atoms with van der Waals surface area (Å²) >= 11 is 1.47. The zero-order valence-corrected chi connectivity index (χ0v) is 14.7. The molecule has 2 heterocycles. The van der Waals surface area contributed by atoms with Crippen molar-refractivity contribution in [2.45, 2.75) is 13.0 Å². The van der Waals surface area contributed by atoms with Crippen LogP contribution in [0.25, 0.3) is 20.7 Å². The van der Waals surface area contributed by atoms with Crippen molar-refractivity contribution in [1.82, 2.24) is 14.9 Å². The van der Waals surface area contributed by atoms with Crippen LogP contribution in [0.2, 0.25) is 0 Å². The molecule has 1 amide bonds. The smallest absolute Gasteiger partial charge is 0.262 e. The van der Waals surface area contributed by atoms with Gasteiger partial charge < -0.3 is 10.1 Å². The van der Waals surface area contributed by atoms with Crippen molar-refractivity contribution < 1.29 is 9.53 Å². The summed E-state index contributed by atoms with van der Waals surface area (Å²) in [6.07, 6.45) is 2.17. The molecule has 2 aromatic heterocycles. The lowest BCUT2D eigenvalue weighted by atomic mass is 10.2. The Kier molecular flexibility index (Phi) is 5.57. The fourth-order valence-corrected chi connectivity index (χ4v) is 3.47. The normalized spacial score (nSPS) is 10.9. The van der Waals surface area contributed by atoms with E-state index in [-0.39, 0.29) is 18.0 Å². The Bertz CT molecular complexity index is 918. The van der Waals surface area contributed by atoms with E-state index in [2.05, 4.69) is 10.3 Å². The van der Waals surface area contributed by atoms with Crippen molar-refractivity contribution in [2.24, 2.45) is 0 Å². The standard InChI is InChI=1S/C18H19N3O3S/c1-24-9-5-8-19-16(22)11-21-12-20-17-14(18(21)23)10-15(25-17)13-6-3-2-4-7-13/h2-4,6-7,10,12H,5,8-9,11H2,1H3,(H,19,22). The number of benzene rings is 1. The molecule has 3 aromatic rings. The van der Waals surface area contributed by atoms with Gasteiger partial charge in [0, 0.05) is 25.1 Å². The van der Waals surface area contributed by atoms with E-state index in [0.29, 0.717) is 23.4 Å². The van der Waals surface area contributed by atoms with Crippen LogP contribution in [0.15, 0.2) is 47.5 Å². The van der Waals surface area contributed by atoms with Gasteiger partial charge in [0.2, 0.25) is 5.91 Å². The summed E-state index contributed by atoms with van der Waals surface area (Å²) in [4.78, 5) is 30.6. The molecule has 0 saturated carbocycles. The average Bonchev–Trinajstić information content (AvgIpc) is 3.07. The second-order valence-corrected chi connectivity index (χ2v) is 6.60. The minimum Gasteiger partial charge on any atom is -0.385 e. The van der Waals surface area contributed by atoms with Crippen LogP contribution in [-0.4, -0.2) is 35.7 Å². The Hall–Kier alpha value is -2.51. The lowest BCUT2D eigenvalue weighted by molar-refractivity contribution is -0.121. The third kappa shape index (κ3) is 4.12. The van der Waals surface area contributed by atoms with Crippen LogP contribution in [0.5, 0.6) is 0 Å². The molecule has 0 radical (unpaired) electrons. The highest BCUT2D eigenvalue weighted by atomic mass is 32.1. The van der Waals surface area contributed by atoms with Crippen molar-refractivity contribution in [3.05, 3.63) is 53.1 Å². The van der Waals surface area contributed by atoms with Crippen molar-refractivity contribution in [3.8, 4) is 10.4 Å². The van der Waals surface area contributed by atoms with Gasteiger partial charge in [0.05, 0.1) is 11.7 Å². The lowest BCUT2D eigenvalue weighted by Crippen LogP contribution is -2.33. The van der Waals surface area contributed by atoms with E-state index in [1.54, 1.807) is 7.11 Å². The molecule has 0 spiro atoms. The second kappa shape index (κ2) is 8.04. The molecule has 0 unspecified atom stereocenters. The number of methoxy groups -OCH3 is 1. The summed E-state index contributed by atoms with van der Waals surface area (Å²) in [7, 11) is 1.62. The maximum atomic E-state index is 12.6. The van der Waals surface area contributed by atoms with E-state index in [1.165, 1.54) is 22.2 Å². The number of ether oxygens (including phenoxy) is 1. The number of fused-ring (bicyclic) bond motifs is 1. The Morgan fingerprint density at radius 2 is 2.12 bits per heavy atom. The van der Waals surface area contributed by atoms with Crippen LogP contribution >= 0.6 is 11.3 Å². The molecular weight excluding hydrogens is 338 g/mol. The maximum absolute atomic E-state index is 12.6. The van der Waals surface area contributed by atoms with Crippen molar-refractivity contribution in [3.63, 3.8) is 0 Å². The highest BCUT2D eigenvalue weighted by molar-refractivity contribution is 7.21. The summed E-state index contributed by atoms with van der Waals surface area (Å²) in [6.45, 7) is 1.07. The largest absolute Gasteiger partial charge is 0.385 e. The van der Waals surface area contributed by atoms with Crippen LogP contribution < -0.4 is 10.9 Å². The number of nitrogens with one attached hydrogen (secondary N) is 1. The Labute approximate surface area is 149 Å². The SMILES string of the molecule is COCCCNC(=O)Cn1cnc2sc(-c3ccccc3)cc2c1=O. The van der Waals surface area contributed by atoms with Crippen LogP contribution in [0.3, 0.4) is 0 Å². The molecule has 25 heavy (non-hydrogen) atoms. The minimum atomic E-state index is -0.210. The Morgan fingerprint density at radius 3 is 2.88 bits per heavy atom. The Morgan fingerprint density at radius 1 is 1.32 bits per heavy atom. The first kappa shape index (κ1) is 17.3. The maximum Gasteiger partial charge on any atom is 0.262 e. The average molecular weight is 357 g/mol. The van der Waals surface area contributed by atoms with Gasteiger partial charge in [-0.1, -0.05) is 30.3 Å². The first-order chi connectivity index (χ1) is 12.2. The predicted molar refractivity (Wildman–Crippen MR) is 98.8 cm³/mol. The fourth-order valence-electron chi connectivity index (χ4n) is 2.47. The number of carbonyl (C=O) groups excluding carboxylic acids is 1. The number of hydrogen-bond acceptors (Lipinski definition) is 5. The fraction of sp³-hybridized carbons (Fsp3) is 0.278. The Balaban J connectivity index is 1.78. The van der Waals surface area contributed by atoms with Gasteiger partial charge in [-0.05, 0) is 18.1 Å². The summed E-state index contributed by atoms with van der Waals surface area (Å²) in [5.41, 5.74) is 0.850. The van der Waals surface area contributed by atoms with E-state index in [1.807, 2.05) is 36.4 Å². The minimum absolute atomic E-state index is 0.0364. The molecule has 6 nitrogen and oxygen atoms in total. The quantitative estimate of drug-likeness (QED) is 0.659. The molecule has 130 valence electrons. The molecule has 0 aliphatic carbocycles. The third-order valence-electron chi connectivity index (χ3n) is 3.74. The molecule has 1 aromatic carbocycles. The molecule has 0 aliphatic rings. The number of rotatable bonds is 7. The number of nitrogens with zero attached hydrogens (tertiary/aromatic N) is 2. The third-order valence-corrected chi connectivity index (χ3v) is 4.83. The van der Waals surface area contributed by atoms with Crippen molar-refractivity contribution in [1.29, 1.82) is 0 Å². The number of aromatic nitrogens is 2. The summed E-state index contributed by atoms with van der Waals surface area (Å²) in [5.74, 6) is -0.210. The summed E-state index contributed by atoms with van der Waals surface area (Å²) in [5, 5.41) is 3.31. The highest BCUT2D eigenvalue weighted by Gasteiger charge is 2.12. The van der Waals surface area contributed by atoms with Crippen LogP contribution in [0.1, 0.15) is 6.42 Å². The predicted octanol–water partition coefficient (Wildman–Crippen LogP) is 2.28. The monoisotopic (exact) mass is 357 g/mol. The van der Waals surface area contributed by atoms with Gasteiger partial charge in [0.25, 0.3) is 5.56 Å². The first-order valence-corrected chi connectivity index (χ1v) is 8.80. The van der Waals surface area contributed by atoms with Gasteiger partial charge in [-0.3, -0.25) is 14.2 Å². The summed E-state index contributed by atoms with van der Waals surface area (Å²) < 4.78 is 6.28. The topological polar surface area (TPSA) is 73.2 Å². The number of carbonyl (C=O) groups is 1. The van der Waals surface area contributed by atoms with E-state index in [0.717, 1.165) is 16.9 Å². The van der Waals surface area contributed by atoms with Gasteiger partial charge in [-0.25, -0.2) is 4.98 Å². The van der Waals surface area contributed by atoms with E-state index in [4.69, 9.17) is 4.74 Å². The number of thiophene rings is 1. The van der Waals surface area contributed by atoms with Crippen molar-refractivity contribution in [2.75, 3.05) is 20.3 Å². The second-order valence-electron chi connectivity index (χ2n) is 5.57. The van der Waals surface area contributed by atoms with E-state index >= 15 is 0 Å². The van der Waals surface area contributed by atoms with Gasteiger partial charge in [-0.2, -0.15) is 0 Å². The lowest BCUT2D eigenvalue weighted by Gasteiger charge is -2.06. The molecule has 0 saturated heterocycles. The molecular formula is C18H19N3O3S. The molecule has 1 N–H and O–H groups in total. The molecule has 7 heteroatoms. The molecule has 0 bridgehead atoms. The number of amides is 1. The number of hydrogen-bond donors (Lipinski definition) is 1. The van der Waals surface area contributed by atoms with E-state index in [9.17, 15) is 9.59 Å². The van der Waals surface area contributed by atoms with E-state index < -0.39 is 0 Å². The highest BCUT2D eigenvalue weighted by Crippen LogP contribution is 2.30. The first-order valence-electron chi connectivity index (χ1n) is 7.99. The van der Waals surface area contributed by atoms with Crippen LogP contribution in [-0.2, 0) is 16.1 Å². The van der Waals surface area contributed by atoms with Gasteiger partial charge in [0.1, 0.15) is 11.4 Å². The zero-order valence-electron chi connectivity index (χ0n) is 13.9. The van der Waals surface area contributed by atoms with Gasteiger partial charge in [-0.15, -0.1) is 11.3 Å². The molecule has 0 aliphatic heterocycles. The molecule has 3 rings (SSSR count). The molecule has 0 atom stereocenters. The van der Waals surface area contributed by atoms with Crippen molar-refractivity contribution >= 4 is 27.5 Å². The summed E-state index contributed by atoms with van der Waals surface area (Å²) in [6, 6.07) is 11.7.